The van der Waals surface area contributed by atoms with Gasteiger partial charge in [-0.05, 0) is 48.7 Å². The number of rotatable bonds is 3. The summed E-state index contributed by atoms with van der Waals surface area (Å²) in [5.41, 5.74) is 4.35. The summed E-state index contributed by atoms with van der Waals surface area (Å²) in [5.74, 6) is 0. The van der Waals surface area contributed by atoms with Crippen molar-refractivity contribution in [3.63, 3.8) is 0 Å². The van der Waals surface area contributed by atoms with E-state index >= 15 is 0 Å². The second kappa shape index (κ2) is 6.02. The summed E-state index contributed by atoms with van der Waals surface area (Å²) in [4.78, 5) is 10.2. The number of aryl methyl sites for hydroxylation is 2. The highest BCUT2D eigenvalue weighted by Gasteiger charge is 2.07. The normalized spacial score (nSPS) is 11.0. The third kappa shape index (κ3) is 3.34. The molecule has 2 aromatic rings. The molecule has 4 heteroatoms. The third-order valence-electron chi connectivity index (χ3n) is 3.24. The van der Waals surface area contributed by atoms with E-state index < -0.39 is 4.92 Å². The fraction of sp³-hybridized carbons (Fsp3) is 0.118. The first-order valence-corrected chi connectivity index (χ1v) is 6.45. The van der Waals surface area contributed by atoms with E-state index in [1.807, 2.05) is 38.1 Å². The Balaban J connectivity index is 2.44. The van der Waals surface area contributed by atoms with E-state index in [1.165, 1.54) is 12.1 Å². The molecule has 2 rings (SSSR count). The third-order valence-corrected chi connectivity index (χ3v) is 3.24. The lowest BCUT2D eigenvalue weighted by atomic mass is 10.00. The zero-order valence-electron chi connectivity index (χ0n) is 11.8. The number of allylic oxidation sites excluding steroid dienone is 1. The predicted octanol–water partition coefficient (Wildman–Crippen LogP) is 4.28. The van der Waals surface area contributed by atoms with Crippen LogP contribution in [0.25, 0.3) is 11.6 Å². The molecule has 0 aliphatic heterocycles. The zero-order valence-corrected chi connectivity index (χ0v) is 11.8. The molecule has 0 aliphatic carbocycles. The predicted molar refractivity (Wildman–Crippen MR) is 82.5 cm³/mol. The minimum absolute atomic E-state index is 0.0165. The van der Waals surface area contributed by atoms with E-state index in [0.29, 0.717) is 11.1 Å². The van der Waals surface area contributed by atoms with E-state index in [0.717, 1.165) is 16.7 Å². The molecular formula is C17H14N2O2. The zero-order chi connectivity index (χ0) is 15.4. The van der Waals surface area contributed by atoms with Gasteiger partial charge in [0.25, 0.3) is 5.69 Å². The molecule has 4 nitrogen and oxygen atoms in total. The lowest BCUT2D eigenvalue weighted by Gasteiger charge is -2.04. The van der Waals surface area contributed by atoms with E-state index in [1.54, 1.807) is 12.1 Å². The number of hydrogen-bond acceptors (Lipinski definition) is 3. The quantitative estimate of drug-likeness (QED) is 0.364. The summed E-state index contributed by atoms with van der Waals surface area (Å²) in [7, 11) is 0. The summed E-state index contributed by atoms with van der Waals surface area (Å²) in [6.45, 7) is 3.98. The van der Waals surface area contributed by atoms with Crippen LogP contribution in [0.1, 0.15) is 22.3 Å². The number of nitrogens with zero attached hydrogens (tertiary/aromatic N) is 2. The number of non-ortho nitro benzene ring substituents is 1. The second-order valence-corrected chi connectivity index (χ2v) is 4.83. The van der Waals surface area contributed by atoms with Gasteiger partial charge in [-0.3, -0.25) is 10.1 Å². The van der Waals surface area contributed by atoms with Crippen molar-refractivity contribution in [2.75, 3.05) is 0 Å². The largest absolute Gasteiger partial charge is 0.269 e. The molecule has 21 heavy (non-hydrogen) atoms. The Kier molecular flexibility index (Phi) is 4.15. The summed E-state index contributed by atoms with van der Waals surface area (Å²) < 4.78 is 0. The summed E-state index contributed by atoms with van der Waals surface area (Å²) in [6.07, 6.45) is 1.81. The lowest BCUT2D eigenvalue weighted by Crippen LogP contribution is -1.89. The maximum Gasteiger partial charge on any atom is 0.269 e. The Bertz CT molecular complexity index is 753. The van der Waals surface area contributed by atoms with Crippen LogP contribution in [0, 0.1) is 35.3 Å². The van der Waals surface area contributed by atoms with E-state index in [-0.39, 0.29) is 5.69 Å². The fourth-order valence-corrected chi connectivity index (χ4v) is 2.01. The van der Waals surface area contributed by atoms with Gasteiger partial charge in [-0.2, -0.15) is 5.26 Å². The fourth-order valence-electron chi connectivity index (χ4n) is 2.01. The molecule has 0 bridgehead atoms. The van der Waals surface area contributed by atoms with Crippen LogP contribution in [-0.2, 0) is 0 Å². The van der Waals surface area contributed by atoms with Crippen molar-refractivity contribution < 1.29 is 4.92 Å². The van der Waals surface area contributed by atoms with E-state index in [9.17, 15) is 15.4 Å². The van der Waals surface area contributed by atoms with Gasteiger partial charge < -0.3 is 0 Å². The van der Waals surface area contributed by atoms with Crippen molar-refractivity contribution in [3.05, 3.63) is 74.8 Å². The maximum atomic E-state index is 10.7. The molecule has 0 spiro atoms. The van der Waals surface area contributed by atoms with Crippen LogP contribution in [0.15, 0.2) is 42.5 Å². The Hall–Kier alpha value is -2.93. The smallest absolute Gasteiger partial charge is 0.258 e. The summed E-state index contributed by atoms with van der Waals surface area (Å²) in [6, 6.07) is 14.2. The Morgan fingerprint density at radius 1 is 1.19 bits per heavy atom. The number of nitro benzene ring substituents is 1. The highest BCUT2D eigenvalue weighted by atomic mass is 16.6. The average Bonchev–Trinajstić information content (AvgIpc) is 2.48. The first-order chi connectivity index (χ1) is 10.0. The Labute approximate surface area is 123 Å². The Morgan fingerprint density at radius 3 is 2.43 bits per heavy atom. The second-order valence-electron chi connectivity index (χ2n) is 4.83. The van der Waals surface area contributed by atoms with Crippen molar-refractivity contribution in [2.45, 2.75) is 13.8 Å². The van der Waals surface area contributed by atoms with Crippen LogP contribution in [-0.4, -0.2) is 4.92 Å². The molecule has 0 aromatic heterocycles. The highest BCUT2D eigenvalue weighted by Crippen LogP contribution is 2.22. The van der Waals surface area contributed by atoms with E-state index in [2.05, 4.69) is 6.07 Å². The van der Waals surface area contributed by atoms with Crippen LogP contribution in [0.2, 0.25) is 0 Å². The van der Waals surface area contributed by atoms with Crippen molar-refractivity contribution in [2.24, 2.45) is 0 Å². The molecular weight excluding hydrogens is 264 g/mol. The van der Waals surface area contributed by atoms with Gasteiger partial charge in [0.1, 0.15) is 0 Å². The number of nitro groups is 1. The molecule has 0 unspecified atom stereocenters. The van der Waals surface area contributed by atoms with Crippen molar-refractivity contribution >= 4 is 17.3 Å². The topological polar surface area (TPSA) is 66.9 Å². The molecule has 0 fully saturated rings. The molecule has 0 radical (unpaired) electrons. The molecule has 0 saturated heterocycles. The van der Waals surface area contributed by atoms with Gasteiger partial charge >= 0.3 is 0 Å². The van der Waals surface area contributed by atoms with Gasteiger partial charge in [-0.25, -0.2) is 0 Å². The van der Waals surface area contributed by atoms with Crippen LogP contribution < -0.4 is 0 Å². The molecule has 0 aliphatic rings. The molecule has 104 valence electrons. The summed E-state index contributed by atoms with van der Waals surface area (Å²) in [5, 5.41) is 20.0. The standard InChI is InChI=1S/C17H14N2O2/c1-12-3-4-13(2)15(9-12)10-16(11-18)14-5-7-17(8-6-14)19(20)21/h3-10H,1-2H3. The van der Waals surface area contributed by atoms with Gasteiger partial charge in [-0.15, -0.1) is 0 Å². The maximum absolute atomic E-state index is 10.7. The van der Waals surface area contributed by atoms with Crippen LogP contribution >= 0.6 is 0 Å². The highest BCUT2D eigenvalue weighted by molar-refractivity contribution is 5.90. The minimum Gasteiger partial charge on any atom is -0.258 e. The van der Waals surface area contributed by atoms with E-state index in [4.69, 9.17) is 0 Å². The average molecular weight is 278 g/mol. The summed E-state index contributed by atoms with van der Waals surface area (Å²) >= 11 is 0. The van der Waals surface area contributed by atoms with Gasteiger partial charge in [0.2, 0.25) is 0 Å². The van der Waals surface area contributed by atoms with Gasteiger partial charge in [0.15, 0.2) is 0 Å². The SMILES string of the molecule is Cc1ccc(C)c(C=C(C#N)c2ccc([N+](=O)[O-])cc2)c1. The lowest BCUT2D eigenvalue weighted by molar-refractivity contribution is -0.384. The molecule has 0 saturated carbocycles. The molecule has 0 heterocycles. The van der Waals surface area contributed by atoms with Crippen molar-refractivity contribution in [1.82, 2.24) is 0 Å². The van der Waals surface area contributed by atoms with Crippen LogP contribution in [0.4, 0.5) is 5.69 Å². The van der Waals surface area contributed by atoms with Gasteiger partial charge in [-0.1, -0.05) is 23.8 Å². The molecule has 0 N–H and O–H groups in total. The number of benzene rings is 2. The van der Waals surface area contributed by atoms with Gasteiger partial charge in [0, 0.05) is 12.1 Å². The van der Waals surface area contributed by atoms with Gasteiger partial charge in [0.05, 0.1) is 16.6 Å². The molecule has 2 aromatic carbocycles. The number of hydrogen-bond donors (Lipinski definition) is 0. The van der Waals surface area contributed by atoms with Crippen molar-refractivity contribution in [1.29, 1.82) is 5.26 Å². The van der Waals surface area contributed by atoms with Crippen LogP contribution in [0.3, 0.4) is 0 Å². The minimum atomic E-state index is -0.454. The first-order valence-electron chi connectivity index (χ1n) is 6.45. The molecule has 0 amide bonds. The monoisotopic (exact) mass is 278 g/mol. The number of nitriles is 1. The Morgan fingerprint density at radius 2 is 1.86 bits per heavy atom. The van der Waals surface area contributed by atoms with Crippen molar-refractivity contribution in [3.8, 4) is 6.07 Å². The first kappa shape index (κ1) is 14.5. The molecule has 0 atom stereocenters. The van der Waals surface area contributed by atoms with Crippen LogP contribution in [0.5, 0.6) is 0 Å².